The van der Waals surface area contributed by atoms with E-state index in [0.29, 0.717) is 11.2 Å². The van der Waals surface area contributed by atoms with Crippen molar-refractivity contribution in [2.75, 3.05) is 0 Å². The van der Waals surface area contributed by atoms with Crippen LogP contribution in [0.5, 0.6) is 0 Å². The van der Waals surface area contributed by atoms with Crippen LogP contribution in [0.3, 0.4) is 0 Å². The number of aromatic amines is 1. The van der Waals surface area contributed by atoms with Crippen LogP contribution in [0.2, 0.25) is 5.02 Å². The number of hydrogen-bond acceptors (Lipinski definition) is 3. The van der Waals surface area contributed by atoms with Gasteiger partial charge in [-0.1, -0.05) is 24.1 Å². The maximum absolute atomic E-state index is 12.7. The van der Waals surface area contributed by atoms with Gasteiger partial charge in [-0.3, -0.25) is 14.6 Å². The normalized spacial score (nSPS) is 23.0. The number of pyridine rings is 2. The molecule has 5 rings (SSSR count). The summed E-state index contributed by atoms with van der Waals surface area (Å²) in [5.74, 6) is 0.0534. The van der Waals surface area contributed by atoms with Gasteiger partial charge in [-0.25, -0.2) is 0 Å². The Morgan fingerprint density at radius 2 is 2.18 bits per heavy atom. The molecule has 2 aliphatic rings. The van der Waals surface area contributed by atoms with Gasteiger partial charge in [0.1, 0.15) is 5.69 Å². The number of rotatable bonds is 3. The van der Waals surface area contributed by atoms with Gasteiger partial charge in [-0.2, -0.15) is 0 Å². The molecule has 3 aromatic rings. The van der Waals surface area contributed by atoms with Crippen molar-refractivity contribution in [3.05, 3.63) is 62.5 Å². The van der Waals surface area contributed by atoms with Crippen molar-refractivity contribution in [1.29, 1.82) is 0 Å². The second kappa shape index (κ2) is 5.92. The molecule has 2 heterocycles. The molecule has 142 valence electrons. The smallest absolute Gasteiger partial charge is 0.268 e. The second-order valence-corrected chi connectivity index (χ2v) is 8.50. The molecule has 2 aliphatic carbocycles. The molecule has 1 aromatic carbocycles. The molecule has 1 amide bonds. The third-order valence-corrected chi connectivity index (χ3v) is 6.84. The maximum Gasteiger partial charge on any atom is 0.268 e. The number of carbonyl (C=O) groups excluding carboxylic acids is 1. The summed E-state index contributed by atoms with van der Waals surface area (Å²) in [6, 6.07) is 7.31. The lowest BCUT2D eigenvalue weighted by atomic mass is 9.89. The Kier molecular flexibility index (Phi) is 3.68. The summed E-state index contributed by atoms with van der Waals surface area (Å²) in [5.41, 5.74) is 9.74. The van der Waals surface area contributed by atoms with E-state index in [9.17, 15) is 9.59 Å². The summed E-state index contributed by atoms with van der Waals surface area (Å²) in [7, 11) is 0. The molecule has 28 heavy (non-hydrogen) atoms. The Bertz CT molecular complexity index is 1220. The first-order valence-electron chi connectivity index (χ1n) is 9.53. The number of benzene rings is 1. The van der Waals surface area contributed by atoms with Crippen molar-refractivity contribution in [3.8, 4) is 11.3 Å². The van der Waals surface area contributed by atoms with E-state index in [1.54, 1.807) is 6.07 Å². The van der Waals surface area contributed by atoms with Crippen LogP contribution in [0.1, 0.15) is 47.3 Å². The molecule has 0 saturated heterocycles. The molecule has 2 unspecified atom stereocenters. The zero-order chi connectivity index (χ0) is 19.6. The van der Waals surface area contributed by atoms with Gasteiger partial charge >= 0.3 is 0 Å². The topological polar surface area (TPSA) is 88.8 Å². The molecular weight excluding hydrogens is 374 g/mol. The number of fused-ring (bicyclic) bond motifs is 2. The fourth-order valence-corrected chi connectivity index (χ4v) is 5.43. The molecule has 6 heteroatoms. The van der Waals surface area contributed by atoms with Crippen LogP contribution in [0.15, 0.2) is 35.3 Å². The van der Waals surface area contributed by atoms with E-state index in [0.717, 1.165) is 22.1 Å². The predicted octanol–water partition coefficient (Wildman–Crippen LogP) is 4.09. The number of hydrogen-bond donors (Lipinski definition) is 2. The van der Waals surface area contributed by atoms with Crippen LogP contribution in [0.25, 0.3) is 22.2 Å². The average Bonchev–Trinajstić information content (AvgIpc) is 3.22. The SMILES string of the molecule is Cc1cc(C23CCCC2C3)c(Cl)cc1-c1cc(=O)c2c(C(N)=O)nccc2[nH]1. The minimum absolute atomic E-state index is 0.0180. The maximum atomic E-state index is 12.7. The zero-order valence-electron chi connectivity index (χ0n) is 15.5. The van der Waals surface area contributed by atoms with Crippen molar-refractivity contribution < 1.29 is 4.79 Å². The van der Waals surface area contributed by atoms with E-state index in [-0.39, 0.29) is 21.9 Å². The fourth-order valence-electron chi connectivity index (χ4n) is 5.08. The van der Waals surface area contributed by atoms with Gasteiger partial charge in [-0.15, -0.1) is 0 Å². The van der Waals surface area contributed by atoms with Gasteiger partial charge < -0.3 is 10.7 Å². The lowest BCUT2D eigenvalue weighted by Gasteiger charge is -2.18. The quantitative estimate of drug-likeness (QED) is 0.702. The Labute approximate surface area is 166 Å². The van der Waals surface area contributed by atoms with Gasteiger partial charge in [0.2, 0.25) is 0 Å². The highest BCUT2D eigenvalue weighted by atomic mass is 35.5. The molecule has 2 fully saturated rings. The molecule has 3 N–H and O–H groups in total. The average molecular weight is 394 g/mol. The first-order chi connectivity index (χ1) is 13.4. The summed E-state index contributed by atoms with van der Waals surface area (Å²) in [6.45, 7) is 2.04. The van der Waals surface area contributed by atoms with E-state index in [1.165, 1.54) is 43.5 Å². The highest BCUT2D eigenvalue weighted by Crippen LogP contribution is 2.65. The summed E-state index contributed by atoms with van der Waals surface area (Å²) in [6.07, 6.45) is 6.49. The minimum atomic E-state index is -0.720. The van der Waals surface area contributed by atoms with E-state index in [2.05, 4.69) is 16.0 Å². The molecule has 2 atom stereocenters. The van der Waals surface area contributed by atoms with E-state index >= 15 is 0 Å². The van der Waals surface area contributed by atoms with Crippen LogP contribution in [-0.4, -0.2) is 15.9 Å². The van der Waals surface area contributed by atoms with E-state index in [1.807, 2.05) is 13.0 Å². The lowest BCUT2D eigenvalue weighted by Crippen LogP contribution is -2.17. The molecule has 2 aromatic heterocycles. The third-order valence-electron chi connectivity index (χ3n) is 6.52. The van der Waals surface area contributed by atoms with Crippen molar-refractivity contribution in [2.45, 2.75) is 38.0 Å². The molecule has 0 spiro atoms. The summed E-state index contributed by atoms with van der Waals surface area (Å²) in [4.78, 5) is 31.5. The predicted molar refractivity (Wildman–Crippen MR) is 110 cm³/mol. The third kappa shape index (κ3) is 2.42. The highest BCUT2D eigenvalue weighted by molar-refractivity contribution is 6.32. The number of halogens is 1. The number of nitrogens with one attached hydrogen (secondary N) is 1. The number of aryl methyl sites for hydroxylation is 1. The molecule has 0 bridgehead atoms. The van der Waals surface area contributed by atoms with Gasteiger partial charge in [-0.05, 0) is 60.8 Å². The van der Waals surface area contributed by atoms with Crippen molar-refractivity contribution in [2.24, 2.45) is 11.7 Å². The molecule has 2 saturated carbocycles. The minimum Gasteiger partial charge on any atom is -0.364 e. The standard InChI is InChI=1S/C22H20ClN3O2/c1-11-7-14(22-5-2-3-12(22)10-22)15(23)8-13(11)17-9-18(27)19-16(26-17)4-6-25-20(19)21(24)28/h4,6-9,12H,2-3,5,10H2,1H3,(H2,24,28)(H,26,27). The Hall–Kier alpha value is -2.66. The Balaban J connectivity index is 1.66. The monoisotopic (exact) mass is 393 g/mol. The van der Waals surface area contributed by atoms with Gasteiger partial charge in [0.25, 0.3) is 5.91 Å². The molecule has 0 aliphatic heterocycles. The Morgan fingerprint density at radius 1 is 1.36 bits per heavy atom. The number of nitrogens with zero attached hydrogens (tertiary/aromatic N) is 1. The number of nitrogens with two attached hydrogens (primary N) is 1. The van der Waals surface area contributed by atoms with E-state index < -0.39 is 5.91 Å². The second-order valence-electron chi connectivity index (χ2n) is 8.09. The van der Waals surface area contributed by atoms with Crippen LogP contribution in [0, 0.1) is 12.8 Å². The highest BCUT2D eigenvalue weighted by Gasteiger charge is 2.58. The lowest BCUT2D eigenvalue weighted by molar-refractivity contribution is 0.0997. The van der Waals surface area contributed by atoms with Crippen molar-refractivity contribution in [1.82, 2.24) is 9.97 Å². The molecule has 0 radical (unpaired) electrons. The number of primary amides is 1. The number of amides is 1. The van der Waals surface area contributed by atoms with Crippen molar-refractivity contribution in [3.63, 3.8) is 0 Å². The largest absolute Gasteiger partial charge is 0.364 e. The Morgan fingerprint density at radius 3 is 2.86 bits per heavy atom. The van der Waals surface area contributed by atoms with Crippen LogP contribution < -0.4 is 11.2 Å². The summed E-state index contributed by atoms with van der Waals surface area (Å²) < 4.78 is 0. The van der Waals surface area contributed by atoms with Crippen LogP contribution in [-0.2, 0) is 5.41 Å². The summed E-state index contributed by atoms with van der Waals surface area (Å²) in [5, 5.41) is 0.975. The first kappa shape index (κ1) is 17.4. The molecular formula is C22H20ClN3O2. The van der Waals surface area contributed by atoms with Gasteiger partial charge in [0.05, 0.1) is 16.6 Å². The molecule has 5 nitrogen and oxygen atoms in total. The van der Waals surface area contributed by atoms with Gasteiger partial charge in [0.15, 0.2) is 5.43 Å². The zero-order valence-corrected chi connectivity index (χ0v) is 16.3. The fraction of sp³-hybridized carbons (Fsp3) is 0.318. The number of H-pyrrole nitrogens is 1. The summed E-state index contributed by atoms with van der Waals surface area (Å²) >= 11 is 6.71. The van der Waals surface area contributed by atoms with Crippen molar-refractivity contribution >= 4 is 28.4 Å². The van der Waals surface area contributed by atoms with E-state index in [4.69, 9.17) is 17.3 Å². The number of carbonyl (C=O) groups is 1. The first-order valence-corrected chi connectivity index (χ1v) is 9.91. The van der Waals surface area contributed by atoms with Crippen LogP contribution >= 0.6 is 11.6 Å². The van der Waals surface area contributed by atoms with Crippen LogP contribution in [0.4, 0.5) is 0 Å². The number of aromatic nitrogens is 2. The van der Waals surface area contributed by atoms with Gasteiger partial charge in [0, 0.05) is 22.8 Å².